The molecule has 0 aromatic carbocycles. The van der Waals surface area contributed by atoms with Crippen molar-refractivity contribution >= 4 is 50.9 Å². The van der Waals surface area contributed by atoms with Crippen molar-refractivity contribution in [3.8, 4) is 0 Å². The van der Waals surface area contributed by atoms with Gasteiger partial charge in [0, 0.05) is 16.0 Å². The molecule has 3 rings (SSSR count). The molecular weight excluding hydrogens is 328 g/mol. The molecule has 0 amide bonds. The first-order valence-electron chi connectivity index (χ1n) is 6.65. The van der Waals surface area contributed by atoms with Crippen molar-refractivity contribution in [1.29, 1.82) is 0 Å². The van der Waals surface area contributed by atoms with Crippen LogP contribution in [0.3, 0.4) is 0 Å². The topological polar surface area (TPSA) is 52.1 Å². The molecule has 0 saturated heterocycles. The van der Waals surface area contributed by atoms with Gasteiger partial charge in [0.25, 0.3) is 0 Å². The second kappa shape index (κ2) is 5.74. The Morgan fingerprint density at radius 2 is 2.29 bits per heavy atom. The van der Waals surface area contributed by atoms with Crippen molar-refractivity contribution in [3.05, 3.63) is 16.2 Å². The fraction of sp³-hybridized carbons (Fsp3) is 0.500. The van der Waals surface area contributed by atoms with Crippen LogP contribution in [0.25, 0.3) is 10.2 Å². The Hall–Kier alpha value is -0.850. The maximum atomic E-state index is 11.5. The summed E-state index contributed by atoms with van der Waals surface area (Å²) in [7, 11) is 1.44. The third-order valence-corrected chi connectivity index (χ3v) is 6.13. The van der Waals surface area contributed by atoms with E-state index in [9.17, 15) is 4.79 Å². The fourth-order valence-electron chi connectivity index (χ4n) is 2.25. The molecule has 7 heteroatoms. The van der Waals surface area contributed by atoms with Crippen molar-refractivity contribution in [2.75, 3.05) is 12.9 Å². The standard InChI is InChI=1S/C14H15ClN2O2S2/c1-8-5-9-11(16-13(15)17-12(9)21-8)20-7-14(3-4-14)6-10(18)19-2/h5H,3-4,6-7H2,1-2H3. The highest BCUT2D eigenvalue weighted by molar-refractivity contribution is 7.99. The summed E-state index contributed by atoms with van der Waals surface area (Å²) < 4.78 is 4.78. The minimum absolute atomic E-state index is 0.0760. The Balaban J connectivity index is 1.78. The predicted molar refractivity (Wildman–Crippen MR) is 86.2 cm³/mol. The van der Waals surface area contributed by atoms with Crippen LogP contribution in [0.4, 0.5) is 0 Å². The van der Waals surface area contributed by atoms with Gasteiger partial charge in [0.15, 0.2) is 0 Å². The van der Waals surface area contributed by atoms with Crippen LogP contribution in [-0.4, -0.2) is 28.8 Å². The summed E-state index contributed by atoms with van der Waals surface area (Å²) in [6.07, 6.45) is 2.63. The molecule has 1 aliphatic rings. The Morgan fingerprint density at radius 3 is 2.95 bits per heavy atom. The first-order valence-corrected chi connectivity index (χ1v) is 8.83. The zero-order chi connectivity index (χ0) is 15.0. The summed E-state index contributed by atoms with van der Waals surface area (Å²) >= 11 is 9.29. The van der Waals surface area contributed by atoms with E-state index >= 15 is 0 Å². The molecule has 0 radical (unpaired) electrons. The first-order chi connectivity index (χ1) is 10.0. The number of esters is 1. The molecule has 112 valence electrons. The van der Waals surface area contributed by atoms with Crippen LogP contribution in [0, 0.1) is 12.3 Å². The Labute approximate surface area is 136 Å². The normalized spacial score (nSPS) is 16.1. The van der Waals surface area contributed by atoms with Crippen molar-refractivity contribution in [2.45, 2.75) is 31.2 Å². The lowest BCUT2D eigenvalue weighted by Crippen LogP contribution is -2.13. The number of nitrogens with zero attached hydrogens (tertiary/aromatic N) is 2. The SMILES string of the molecule is COC(=O)CC1(CSc2nc(Cl)nc3sc(C)cc23)CC1. The number of carbonyl (C=O) groups excluding carboxylic acids is 1. The minimum Gasteiger partial charge on any atom is -0.469 e. The maximum absolute atomic E-state index is 11.5. The predicted octanol–water partition coefficient (Wildman–Crippen LogP) is 4.09. The van der Waals surface area contributed by atoms with E-state index in [1.165, 1.54) is 12.0 Å². The monoisotopic (exact) mass is 342 g/mol. The van der Waals surface area contributed by atoms with Gasteiger partial charge in [-0.1, -0.05) is 0 Å². The van der Waals surface area contributed by atoms with Gasteiger partial charge in [0.1, 0.15) is 9.86 Å². The van der Waals surface area contributed by atoms with Crippen LogP contribution in [-0.2, 0) is 9.53 Å². The number of rotatable bonds is 5. The number of carbonyl (C=O) groups is 1. The maximum Gasteiger partial charge on any atom is 0.306 e. The smallest absolute Gasteiger partial charge is 0.306 e. The molecule has 0 unspecified atom stereocenters. The second-order valence-electron chi connectivity index (χ2n) is 5.42. The molecule has 1 saturated carbocycles. The van der Waals surface area contributed by atoms with Gasteiger partial charge in [-0.3, -0.25) is 4.79 Å². The molecular formula is C14H15ClN2O2S2. The van der Waals surface area contributed by atoms with Crippen LogP contribution in [0.1, 0.15) is 24.1 Å². The van der Waals surface area contributed by atoms with Crippen molar-refractivity contribution in [3.63, 3.8) is 0 Å². The number of fused-ring (bicyclic) bond motifs is 1. The van der Waals surface area contributed by atoms with E-state index in [2.05, 4.69) is 16.0 Å². The van der Waals surface area contributed by atoms with Crippen molar-refractivity contribution in [2.24, 2.45) is 5.41 Å². The molecule has 21 heavy (non-hydrogen) atoms. The molecule has 2 aromatic heterocycles. The molecule has 1 fully saturated rings. The molecule has 0 N–H and O–H groups in total. The van der Waals surface area contributed by atoms with Crippen LogP contribution in [0.5, 0.6) is 0 Å². The second-order valence-corrected chi connectivity index (χ2v) is 7.95. The van der Waals surface area contributed by atoms with Gasteiger partial charge >= 0.3 is 5.97 Å². The van der Waals surface area contributed by atoms with Gasteiger partial charge in [-0.2, -0.15) is 0 Å². The number of halogens is 1. The van der Waals surface area contributed by atoms with Crippen molar-refractivity contribution < 1.29 is 9.53 Å². The average molecular weight is 343 g/mol. The number of methoxy groups -OCH3 is 1. The highest BCUT2D eigenvalue weighted by Crippen LogP contribution is 2.52. The Kier molecular flexibility index (Phi) is 4.12. The summed E-state index contributed by atoms with van der Waals surface area (Å²) in [5.74, 6) is 0.727. The number of thiophene rings is 1. The van der Waals surface area contributed by atoms with Crippen LogP contribution in [0.15, 0.2) is 11.1 Å². The summed E-state index contributed by atoms with van der Waals surface area (Å²) in [6, 6.07) is 2.10. The van der Waals surface area contributed by atoms with Gasteiger partial charge in [-0.25, -0.2) is 9.97 Å². The van der Waals surface area contributed by atoms with Gasteiger partial charge in [-0.05, 0) is 42.8 Å². The third-order valence-electron chi connectivity index (χ3n) is 3.67. The molecule has 0 atom stereocenters. The molecule has 0 aliphatic heterocycles. The van der Waals surface area contributed by atoms with Crippen LogP contribution in [0.2, 0.25) is 5.28 Å². The molecule has 0 bridgehead atoms. The third kappa shape index (κ3) is 3.33. The van der Waals surface area contributed by atoms with E-state index in [0.29, 0.717) is 6.42 Å². The first kappa shape index (κ1) is 15.1. The molecule has 2 heterocycles. The van der Waals surface area contributed by atoms with E-state index in [1.54, 1.807) is 23.1 Å². The van der Waals surface area contributed by atoms with Gasteiger partial charge in [0.05, 0.1) is 13.5 Å². The summed E-state index contributed by atoms with van der Waals surface area (Å²) in [5, 5.41) is 2.25. The average Bonchev–Trinajstić information content (AvgIpc) is 3.09. The van der Waals surface area contributed by atoms with Gasteiger partial charge < -0.3 is 4.74 Å². The minimum atomic E-state index is -0.134. The number of ether oxygens (including phenoxy) is 1. The quantitative estimate of drug-likeness (QED) is 0.354. The highest BCUT2D eigenvalue weighted by Gasteiger charge is 2.44. The van der Waals surface area contributed by atoms with Crippen LogP contribution < -0.4 is 0 Å². The summed E-state index contributed by atoms with van der Waals surface area (Å²) in [4.78, 5) is 22.2. The van der Waals surface area contributed by atoms with E-state index in [-0.39, 0.29) is 16.7 Å². The Bertz CT molecular complexity index is 698. The lowest BCUT2D eigenvalue weighted by atomic mass is 10.1. The molecule has 4 nitrogen and oxygen atoms in total. The highest BCUT2D eigenvalue weighted by atomic mass is 35.5. The van der Waals surface area contributed by atoms with Crippen LogP contribution >= 0.6 is 34.7 Å². The Morgan fingerprint density at radius 1 is 1.52 bits per heavy atom. The number of aryl methyl sites for hydroxylation is 1. The molecule has 0 spiro atoms. The van der Waals surface area contributed by atoms with E-state index in [4.69, 9.17) is 16.3 Å². The van der Waals surface area contributed by atoms with E-state index < -0.39 is 0 Å². The van der Waals surface area contributed by atoms with Crippen molar-refractivity contribution in [1.82, 2.24) is 9.97 Å². The zero-order valence-electron chi connectivity index (χ0n) is 11.8. The molecule has 2 aromatic rings. The van der Waals surface area contributed by atoms with Gasteiger partial charge in [-0.15, -0.1) is 23.1 Å². The summed E-state index contributed by atoms with van der Waals surface area (Å²) in [6.45, 7) is 2.05. The number of aromatic nitrogens is 2. The largest absolute Gasteiger partial charge is 0.469 e. The van der Waals surface area contributed by atoms with E-state index in [0.717, 1.165) is 33.8 Å². The zero-order valence-corrected chi connectivity index (χ0v) is 14.2. The number of thioether (sulfide) groups is 1. The fourth-order valence-corrected chi connectivity index (χ4v) is 4.76. The van der Waals surface area contributed by atoms with Gasteiger partial charge in [0.2, 0.25) is 5.28 Å². The van der Waals surface area contributed by atoms with E-state index in [1.807, 2.05) is 6.92 Å². The summed E-state index contributed by atoms with van der Waals surface area (Å²) in [5.41, 5.74) is 0.0760. The lowest BCUT2D eigenvalue weighted by Gasteiger charge is -2.12. The molecule has 1 aliphatic carbocycles. The number of hydrogen-bond donors (Lipinski definition) is 0. The lowest BCUT2D eigenvalue weighted by molar-refractivity contribution is -0.141. The number of hydrogen-bond acceptors (Lipinski definition) is 6.